The minimum absolute atomic E-state index is 0.191. The highest BCUT2D eigenvalue weighted by Gasteiger charge is 2.15. The van der Waals surface area contributed by atoms with E-state index in [0.29, 0.717) is 5.75 Å². The van der Waals surface area contributed by atoms with Gasteiger partial charge >= 0.3 is 11.9 Å². The fraction of sp³-hybridized carbons (Fsp3) is 0.714. The second-order valence-electron chi connectivity index (χ2n) is 2.08. The first-order chi connectivity index (χ1) is 6.11. The van der Waals surface area contributed by atoms with Gasteiger partial charge in [-0.2, -0.15) is 0 Å². The molecular formula is C7H11ClO4S. The molecule has 0 aromatic carbocycles. The molecule has 0 saturated heterocycles. The van der Waals surface area contributed by atoms with Crippen molar-refractivity contribution >= 4 is 35.3 Å². The van der Waals surface area contributed by atoms with Gasteiger partial charge in [0.15, 0.2) is 0 Å². The van der Waals surface area contributed by atoms with Gasteiger partial charge < -0.3 is 9.47 Å². The van der Waals surface area contributed by atoms with Crippen molar-refractivity contribution in [2.24, 2.45) is 0 Å². The lowest BCUT2D eigenvalue weighted by Gasteiger charge is -2.05. The van der Waals surface area contributed by atoms with Crippen LogP contribution in [0.5, 0.6) is 0 Å². The highest BCUT2D eigenvalue weighted by Crippen LogP contribution is 2.09. The highest BCUT2D eigenvalue weighted by molar-refractivity contribution is 8.00. The van der Waals surface area contributed by atoms with Crippen molar-refractivity contribution in [1.29, 1.82) is 0 Å². The molecule has 0 bridgehead atoms. The molecule has 76 valence electrons. The molecule has 0 saturated carbocycles. The average molecular weight is 227 g/mol. The summed E-state index contributed by atoms with van der Waals surface area (Å²) in [6.45, 7) is 0. The van der Waals surface area contributed by atoms with Gasteiger partial charge in [0.1, 0.15) is 5.38 Å². The van der Waals surface area contributed by atoms with Crippen molar-refractivity contribution in [2.45, 2.75) is 5.38 Å². The van der Waals surface area contributed by atoms with E-state index >= 15 is 0 Å². The van der Waals surface area contributed by atoms with Gasteiger partial charge in [0.2, 0.25) is 0 Å². The van der Waals surface area contributed by atoms with Crippen LogP contribution in [0.3, 0.4) is 0 Å². The lowest BCUT2D eigenvalue weighted by Crippen LogP contribution is -2.19. The summed E-state index contributed by atoms with van der Waals surface area (Å²) in [4.78, 5) is 21.4. The molecule has 0 aromatic rings. The largest absolute Gasteiger partial charge is 0.468 e. The van der Waals surface area contributed by atoms with E-state index in [4.69, 9.17) is 11.6 Å². The molecule has 0 radical (unpaired) electrons. The topological polar surface area (TPSA) is 52.6 Å². The highest BCUT2D eigenvalue weighted by atomic mass is 35.5. The normalized spacial score (nSPS) is 11.9. The molecule has 0 fully saturated rings. The number of esters is 2. The second-order valence-corrected chi connectivity index (χ2v) is 3.64. The Morgan fingerprint density at radius 1 is 1.38 bits per heavy atom. The van der Waals surface area contributed by atoms with E-state index in [1.54, 1.807) is 0 Å². The minimum Gasteiger partial charge on any atom is -0.468 e. The summed E-state index contributed by atoms with van der Waals surface area (Å²) in [5.41, 5.74) is 0. The predicted molar refractivity (Wildman–Crippen MR) is 51.0 cm³/mol. The van der Waals surface area contributed by atoms with E-state index in [2.05, 4.69) is 9.47 Å². The third-order valence-electron chi connectivity index (χ3n) is 1.17. The molecule has 0 unspecified atom stereocenters. The summed E-state index contributed by atoms with van der Waals surface area (Å²) in [7, 11) is 2.57. The molecule has 1 atom stereocenters. The van der Waals surface area contributed by atoms with Gasteiger partial charge in [0.05, 0.1) is 20.0 Å². The van der Waals surface area contributed by atoms with Gasteiger partial charge in [-0.3, -0.25) is 9.59 Å². The van der Waals surface area contributed by atoms with Crippen LogP contribution >= 0.6 is 23.4 Å². The molecule has 0 spiro atoms. The zero-order valence-electron chi connectivity index (χ0n) is 7.41. The quantitative estimate of drug-likeness (QED) is 0.510. The molecular weight excluding hydrogens is 216 g/mol. The maximum Gasteiger partial charge on any atom is 0.324 e. The van der Waals surface area contributed by atoms with Crippen LogP contribution < -0.4 is 0 Å². The summed E-state index contributed by atoms with van der Waals surface area (Å²) in [6, 6.07) is 0. The number of thioether (sulfide) groups is 1. The summed E-state index contributed by atoms with van der Waals surface area (Å²) in [5, 5.41) is -0.709. The molecule has 0 N–H and O–H groups in total. The van der Waals surface area contributed by atoms with Gasteiger partial charge in [-0.25, -0.2) is 0 Å². The first kappa shape index (κ1) is 12.6. The Morgan fingerprint density at radius 2 is 2.00 bits per heavy atom. The third-order valence-corrected chi connectivity index (χ3v) is 2.69. The molecule has 0 aliphatic heterocycles. The number of halogens is 1. The Labute approximate surface area is 85.9 Å². The monoisotopic (exact) mass is 226 g/mol. The molecule has 0 heterocycles. The standard InChI is InChI=1S/C7H11ClO4S/c1-11-6(9)4-13-3-5(8)7(10)12-2/h5H,3-4H2,1-2H3/t5-/m0/s1. The maximum absolute atomic E-state index is 10.8. The van der Waals surface area contributed by atoms with Crippen LogP contribution in [0.25, 0.3) is 0 Å². The van der Waals surface area contributed by atoms with E-state index in [9.17, 15) is 9.59 Å². The first-order valence-corrected chi connectivity index (χ1v) is 5.07. The van der Waals surface area contributed by atoms with E-state index in [1.807, 2.05) is 0 Å². The van der Waals surface area contributed by atoms with Crippen LogP contribution in [-0.4, -0.2) is 43.0 Å². The van der Waals surface area contributed by atoms with Crippen molar-refractivity contribution in [3.8, 4) is 0 Å². The first-order valence-electron chi connectivity index (χ1n) is 3.48. The summed E-state index contributed by atoms with van der Waals surface area (Å²) in [5.74, 6) is -0.294. The third kappa shape index (κ3) is 5.76. The number of methoxy groups -OCH3 is 2. The maximum atomic E-state index is 10.8. The van der Waals surface area contributed by atoms with Crippen molar-refractivity contribution in [3.05, 3.63) is 0 Å². The van der Waals surface area contributed by atoms with Crippen molar-refractivity contribution < 1.29 is 19.1 Å². The Kier molecular flexibility index (Phi) is 6.80. The summed E-state index contributed by atoms with van der Waals surface area (Å²) in [6.07, 6.45) is 0. The van der Waals surface area contributed by atoms with Crippen molar-refractivity contribution in [1.82, 2.24) is 0 Å². The molecule has 0 rings (SSSR count). The number of carbonyl (C=O) groups is 2. The molecule has 0 aliphatic carbocycles. The number of alkyl halides is 1. The summed E-state index contributed by atoms with van der Waals surface area (Å²) < 4.78 is 8.80. The minimum atomic E-state index is -0.709. The van der Waals surface area contributed by atoms with Crippen LogP contribution in [0.4, 0.5) is 0 Å². The lowest BCUT2D eigenvalue weighted by molar-refractivity contribution is -0.140. The van der Waals surface area contributed by atoms with E-state index < -0.39 is 11.3 Å². The van der Waals surface area contributed by atoms with Gasteiger partial charge in [0, 0.05) is 5.75 Å². The fourth-order valence-corrected chi connectivity index (χ4v) is 1.60. The van der Waals surface area contributed by atoms with E-state index in [1.165, 1.54) is 26.0 Å². The number of ether oxygens (including phenoxy) is 2. The number of carbonyl (C=O) groups excluding carboxylic acids is 2. The Bertz CT molecular complexity index is 185. The molecule has 6 heteroatoms. The predicted octanol–water partition coefficient (Wildman–Crippen LogP) is 0.673. The number of hydrogen-bond donors (Lipinski definition) is 0. The van der Waals surface area contributed by atoms with Gasteiger partial charge in [0.25, 0.3) is 0 Å². The molecule has 4 nitrogen and oxygen atoms in total. The van der Waals surface area contributed by atoms with Gasteiger partial charge in [-0.1, -0.05) is 0 Å². The van der Waals surface area contributed by atoms with E-state index in [0.717, 1.165) is 0 Å². The lowest BCUT2D eigenvalue weighted by atomic mass is 10.5. The van der Waals surface area contributed by atoms with Crippen molar-refractivity contribution in [3.63, 3.8) is 0 Å². The Balaban J connectivity index is 3.53. The van der Waals surface area contributed by atoms with E-state index in [-0.39, 0.29) is 11.7 Å². The van der Waals surface area contributed by atoms with Crippen LogP contribution in [0.1, 0.15) is 0 Å². The van der Waals surface area contributed by atoms with Crippen LogP contribution in [0.2, 0.25) is 0 Å². The average Bonchev–Trinajstić information content (AvgIpc) is 2.15. The molecule has 0 aromatic heterocycles. The number of rotatable bonds is 5. The molecule has 13 heavy (non-hydrogen) atoms. The second kappa shape index (κ2) is 7.03. The Morgan fingerprint density at radius 3 is 2.46 bits per heavy atom. The van der Waals surface area contributed by atoms with Crippen LogP contribution in [-0.2, 0) is 19.1 Å². The SMILES string of the molecule is COC(=O)CSC[C@H](Cl)C(=O)OC. The van der Waals surface area contributed by atoms with Crippen LogP contribution in [0.15, 0.2) is 0 Å². The van der Waals surface area contributed by atoms with Crippen LogP contribution in [0, 0.1) is 0 Å². The van der Waals surface area contributed by atoms with Gasteiger partial charge in [-0.05, 0) is 0 Å². The fourth-order valence-electron chi connectivity index (χ4n) is 0.501. The summed E-state index contributed by atoms with van der Waals surface area (Å²) >= 11 is 6.84. The zero-order chi connectivity index (χ0) is 10.3. The van der Waals surface area contributed by atoms with Gasteiger partial charge in [-0.15, -0.1) is 23.4 Å². The Hall–Kier alpha value is -0.420. The molecule has 0 amide bonds. The zero-order valence-corrected chi connectivity index (χ0v) is 8.98. The smallest absolute Gasteiger partial charge is 0.324 e. The number of hydrogen-bond acceptors (Lipinski definition) is 5. The molecule has 0 aliphatic rings. The van der Waals surface area contributed by atoms with Crippen molar-refractivity contribution in [2.75, 3.05) is 25.7 Å².